The first-order chi connectivity index (χ1) is 10.2. The third-order valence-corrected chi connectivity index (χ3v) is 3.51. The van der Waals surface area contributed by atoms with E-state index in [0.29, 0.717) is 21.8 Å². The maximum Gasteiger partial charge on any atom is 0.257 e. The van der Waals surface area contributed by atoms with E-state index in [4.69, 9.17) is 16.9 Å². The van der Waals surface area contributed by atoms with Crippen molar-refractivity contribution in [2.75, 3.05) is 5.32 Å². The van der Waals surface area contributed by atoms with Crippen LogP contribution in [0.1, 0.15) is 15.9 Å². The number of aromatic nitrogens is 1. The number of amides is 1. The summed E-state index contributed by atoms with van der Waals surface area (Å²) in [4.78, 5) is 15.4. The minimum atomic E-state index is -0.274. The van der Waals surface area contributed by atoms with Gasteiger partial charge >= 0.3 is 0 Å². The first-order valence-electron chi connectivity index (χ1n) is 6.26. The molecule has 0 bridgehead atoms. The number of rotatable bonds is 2. The van der Waals surface area contributed by atoms with E-state index in [1.54, 1.807) is 24.4 Å². The number of nitriles is 1. The predicted molar refractivity (Wildman–Crippen MR) is 82.4 cm³/mol. The maximum absolute atomic E-state index is 12.4. The molecule has 102 valence electrons. The van der Waals surface area contributed by atoms with Gasteiger partial charge in [0.15, 0.2) is 0 Å². The highest BCUT2D eigenvalue weighted by Crippen LogP contribution is 2.25. The lowest BCUT2D eigenvalue weighted by atomic mass is 10.1. The normalized spacial score (nSPS) is 10.3. The van der Waals surface area contributed by atoms with Gasteiger partial charge in [-0.2, -0.15) is 5.26 Å². The number of hydrogen-bond donors (Lipinski definition) is 2. The van der Waals surface area contributed by atoms with Crippen LogP contribution in [0.15, 0.2) is 48.7 Å². The zero-order valence-corrected chi connectivity index (χ0v) is 11.6. The Kier molecular flexibility index (Phi) is 3.35. The Hall–Kier alpha value is -2.77. The van der Waals surface area contributed by atoms with E-state index in [9.17, 15) is 4.79 Å². The molecule has 0 spiro atoms. The van der Waals surface area contributed by atoms with Crippen molar-refractivity contribution >= 4 is 34.1 Å². The van der Waals surface area contributed by atoms with Crippen LogP contribution in [-0.4, -0.2) is 10.9 Å². The van der Waals surface area contributed by atoms with Gasteiger partial charge in [-0.25, -0.2) is 0 Å². The molecule has 4 nitrogen and oxygen atoms in total. The number of aromatic amines is 1. The van der Waals surface area contributed by atoms with Gasteiger partial charge in [-0.15, -0.1) is 0 Å². The van der Waals surface area contributed by atoms with Gasteiger partial charge in [0.2, 0.25) is 0 Å². The summed E-state index contributed by atoms with van der Waals surface area (Å²) in [6.07, 6.45) is 1.65. The summed E-state index contributed by atoms with van der Waals surface area (Å²) in [5.41, 5.74) is 2.28. The molecule has 3 rings (SSSR count). The predicted octanol–water partition coefficient (Wildman–Crippen LogP) is 3.95. The van der Waals surface area contributed by atoms with Crippen LogP contribution in [0.25, 0.3) is 10.9 Å². The molecule has 21 heavy (non-hydrogen) atoms. The maximum atomic E-state index is 12.4. The van der Waals surface area contributed by atoms with Crippen LogP contribution in [-0.2, 0) is 0 Å². The van der Waals surface area contributed by atoms with Crippen LogP contribution in [0.4, 0.5) is 5.69 Å². The fraction of sp³-hybridized carbons (Fsp3) is 0. The second kappa shape index (κ2) is 5.31. The van der Waals surface area contributed by atoms with Crippen LogP contribution in [0.2, 0.25) is 5.02 Å². The van der Waals surface area contributed by atoms with Gasteiger partial charge in [0, 0.05) is 17.1 Å². The van der Waals surface area contributed by atoms with E-state index in [2.05, 4.69) is 10.3 Å². The Bertz CT molecular complexity index is 877. The average molecular weight is 296 g/mol. The summed E-state index contributed by atoms with van der Waals surface area (Å²) < 4.78 is 0. The number of halogens is 1. The smallest absolute Gasteiger partial charge is 0.257 e. The van der Waals surface area contributed by atoms with E-state index in [0.717, 1.165) is 10.9 Å². The quantitative estimate of drug-likeness (QED) is 0.751. The van der Waals surface area contributed by atoms with Gasteiger partial charge in [0.05, 0.1) is 27.9 Å². The van der Waals surface area contributed by atoms with Crippen LogP contribution in [0.3, 0.4) is 0 Å². The second-order valence-corrected chi connectivity index (χ2v) is 4.92. The fourth-order valence-corrected chi connectivity index (χ4v) is 2.30. The lowest BCUT2D eigenvalue weighted by Gasteiger charge is -2.07. The molecule has 2 aromatic carbocycles. The number of fused-ring (bicyclic) bond motifs is 1. The molecule has 2 N–H and O–H groups in total. The molecule has 0 saturated heterocycles. The van der Waals surface area contributed by atoms with E-state index >= 15 is 0 Å². The summed E-state index contributed by atoms with van der Waals surface area (Å²) in [7, 11) is 0. The van der Waals surface area contributed by atoms with Gasteiger partial charge in [0.1, 0.15) is 0 Å². The largest absolute Gasteiger partial charge is 0.360 e. The van der Waals surface area contributed by atoms with Gasteiger partial charge < -0.3 is 10.3 Å². The highest BCUT2D eigenvalue weighted by Gasteiger charge is 2.13. The molecule has 0 aliphatic rings. The molecular weight excluding hydrogens is 286 g/mol. The third kappa shape index (κ3) is 2.47. The molecule has 1 heterocycles. The van der Waals surface area contributed by atoms with Gasteiger partial charge in [-0.05, 0) is 24.3 Å². The summed E-state index contributed by atoms with van der Waals surface area (Å²) in [5.74, 6) is -0.274. The highest BCUT2D eigenvalue weighted by atomic mass is 35.5. The Balaban J connectivity index is 1.95. The molecular formula is C16H10ClN3O. The number of carbonyl (C=O) groups excluding carboxylic acids is 1. The van der Waals surface area contributed by atoms with E-state index in [-0.39, 0.29) is 5.91 Å². The van der Waals surface area contributed by atoms with Crippen molar-refractivity contribution in [3.8, 4) is 6.07 Å². The topological polar surface area (TPSA) is 68.7 Å². The lowest BCUT2D eigenvalue weighted by molar-refractivity contribution is 0.102. The van der Waals surface area contributed by atoms with Crippen molar-refractivity contribution in [1.29, 1.82) is 5.26 Å². The van der Waals surface area contributed by atoms with Crippen LogP contribution in [0.5, 0.6) is 0 Å². The van der Waals surface area contributed by atoms with Crippen LogP contribution < -0.4 is 5.32 Å². The van der Waals surface area contributed by atoms with Crippen molar-refractivity contribution in [1.82, 2.24) is 4.98 Å². The molecule has 0 aliphatic carbocycles. The van der Waals surface area contributed by atoms with E-state index in [1.165, 1.54) is 0 Å². The van der Waals surface area contributed by atoms with Crippen molar-refractivity contribution in [2.45, 2.75) is 0 Å². The minimum absolute atomic E-state index is 0.274. The zero-order chi connectivity index (χ0) is 14.8. The molecule has 3 aromatic rings. The number of anilines is 1. The van der Waals surface area contributed by atoms with E-state index in [1.807, 2.05) is 30.3 Å². The van der Waals surface area contributed by atoms with Gasteiger partial charge in [-0.1, -0.05) is 29.8 Å². The number of H-pyrrole nitrogens is 1. The van der Waals surface area contributed by atoms with Crippen molar-refractivity contribution in [3.05, 3.63) is 64.8 Å². The highest BCUT2D eigenvalue weighted by molar-refractivity contribution is 6.34. The first kappa shape index (κ1) is 13.2. The molecule has 0 fully saturated rings. The van der Waals surface area contributed by atoms with Gasteiger partial charge in [0.25, 0.3) is 5.91 Å². The zero-order valence-electron chi connectivity index (χ0n) is 10.9. The number of nitrogens with zero attached hydrogens (tertiary/aromatic N) is 1. The number of para-hydroxylation sites is 1. The molecule has 0 saturated carbocycles. The SMILES string of the molecule is N#Cc1ccc(Cl)c(NC(=O)c2c[nH]c3ccccc23)c1. The summed E-state index contributed by atoms with van der Waals surface area (Å²) in [5, 5.41) is 12.9. The summed E-state index contributed by atoms with van der Waals surface area (Å²) >= 11 is 6.04. The number of carbonyl (C=O) groups is 1. The minimum Gasteiger partial charge on any atom is -0.360 e. The molecule has 0 atom stereocenters. The molecule has 0 radical (unpaired) electrons. The van der Waals surface area contributed by atoms with E-state index < -0.39 is 0 Å². The van der Waals surface area contributed by atoms with Crippen molar-refractivity contribution in [3.63, 3.8) is 0 Å². The second-order valence-electron chi connectivity index (χ2n) is 4.51. The van der Waals surface area contributed by atoms with Crippen LogP contribution in [0, 0.1) is 11.3 Å². The number of nitrogens with one attached hydrogen (secondary N) is 2. The molecule has 1 amide bonds. The Morgan fingerprint density at radius 2 is 2.05 bits per heavy atom. The first-order valence-corrected chi connectivity index (χ1v) is 6.64. The Morgan fingerprint density at radius 1 is 1.24 bits per heavy atom. The van der Waals surface area contributed by atoms with Crippen molar-refractivity contribution in [2.24, 2.45) is 0 Å². The summed E-state index contributed by atoms with van der Waals surface area (Å²) in [6, 6.07) is 14.3. The molecule has 0 aliphatic heterocycles. The van der Waals surface area contributed by atoms with Crippen molar-refractivity contribution < 1.29 is 4.79 Å². The number of hydrogen-bond acceptors (Lipinski definition) is 2. The third-order valence-electron chi connectivity index (χ3n) is 3.18. The monoisotopic (exact) mass is 295 g/mol. The Labute approximate surface area is 126 Å². The average Bonchev–Trinajstić information content (AvgIpc) is 2.93. The molecule has 5 heteroatoms. The Morgan fingerprint density at radius 3 is 2.86 bits per heavy atom. The van der Waals surface area contributed by atoms with Gasteiger partial charge in [-0.3, -0.25) is 4.79 Å². The molecule has 1 aromatic heterocycles. The lowest BCUT2D eigenvalue weighted by Crippen LogP contribution is -2.11. The molecule has 0 unspecified atom stereocenters. The summed E-state index contributed by atoms with van der Waals surface area (Å²) in [6.45, 7) is 0. The van der Waals surface area contributed by atoms with Crippen LogP contribution >= 0.6 is 11.6 Å². The standard InChI is InChI=1S/C16H10ClN3O/c17-13-6-5-10(8-18)7-15(13)20-16(21)12-9-19-14-4-2-1-3-11(12)14/h1-7,9,19H,(H,20,21). The fourth-order valence-electron chi connectivity index (χ4n) is 2.14. The number of benzene rings is 2.